The SMILES string of the molecule is COc1ccccc1CN/C=C(/C#N)C(=O)Nc1cccc2c(O)cccc12. The topological polar surface area (TPSA) is 94.4 Å². The molecule has 28 heavy (non-hydrogen) atoms. The van der Waals surface area contributed by atoms with Crippen LogP contribution in [-0.4, -0.2) is 18.1 Å². The molecule has 0 aliphatic carbocycles. The number of amides is 1. The maximum atomic E-state index is 12.5. The van der Waals surface area contributed by atoms with Crippen LogP contribution >= 0.6 is 0 Å². The Bertz CT molecular complexity index is 1080. The summed E-state index contributed by atoms with van der Waals surface area (Å²) in [5.41, 5.74) is 1.36. The van der Waals surface area contributed by atoms with E-state index < -0.39 is 5.91 Å². The molecule has 0 aliphatic rings. The van der Waals surface area contributed by atoms with Gasteiger partial charge in [-0.15, -0.1) is 0 Å². The molecule has 3 N–H and O–H groups in total. The lowest BCUT2D eigenvalue weighted by Gasteiger charge is -2.10. The van der Waals surface area contributed by atoms with Gasteiger partial charge in [-0.25, -0.2) is 0 Å². The summed E-state index contributed by atoms with van der Waals surface area (Å²) in [6, 6.07) is 19.7. The number of aromatic hydroxyl groups is 1. The molecule has 0 radical (unpaired) electrons. The highest BCUT2D eigenvalue weighted by Gasteiger charge is 2.12. The highest BCUT2D eigenvalue weighted by atomic mass is 16.5. The first-order valence-electron chi connectivity index (χ1n) is 8.61. The van der Waals surface area contributed by atoms with Gasteiger partial charge in [0.2, 0.25) is 0 Å². The van der Waals surface area contributed by atoms with Crippen LogP contribution in [0.5, 0.6) is 11.5 Å². The number of nitriles is 1. The van der Waals surface area contributed by atoms with Crippen molar-refractivity contribution in [2.75, 3.05) is 12.4 Å². The average Bonchev–Trinajstić information content (AvgIpc) is 2.72. The Morgan fingerprint density at radius 1 is 1.11 bits per heavy atom. The van der Waals surface area contributed by atoms with Crippen molar-refractivity contribution in [3.05, 3.63) is 78.0 Å². The van der Waals surface area contributed by atoms with Crippen molar-refractivity contribution >= 4 is 22.4 Å². The maximum Gasteiger partial charge on any atom is 0.267 e. The van der Waals surface area contributed by atoms with Gasteiger partial charge in [-0.2, -0.15) is 5.26 Å². The number of rotatable bonds is 6. The summed E-state index contributed by atoms with van der Waals surface area (Å²) in [5.74, 6) is 0.316. The van der Waals surface area contributed by atoms with Crippen LogP contribution < -0.4 is 15.4 Å². The molecule has 3 aromatic carbocycles. The van der Waals surface area contributed by atoms with Gasteiger partial charge in [0.1, 0.15) is 23.1 Å². The molecule has 3 aromatic rings. The Hall–Kier alpha value is -3.98. The third-order valence-corrected chi connectivity index (χ3v) is 4.24. The first kappa shape index (κ1) is 18.8. The van der Waals surface area contributed by atoms with Gasteiger partial charge in [0.15, 0.2) is 0 Å². The molecule has 0 saturated carbocycles. The van der Waals surface area contributed by atoms with Gasteiger partial charge in [0.25, 0.3) is 5.91 Å². The van der Waals surface area contributed by atoms with Crippen LogP contribution in [0.2, 0.25) is 0 Å². The summed E-state index contributed by atoms with van der Waals surface area (Å²) in [5, 5.41) is 26.3. The van der Waals surface area contributed by atoms with Crippen LogP contribution in [0.25, 0.3) is 10.8 Å². The van der Waals surface area contributed by atoms with E-state index in [2.05, 4.69) is 10.6 Å². The van der Waals surface area contributed by atoms with Crippen molar-refractivity contribution in [1.29, 1.82) is 5.26 Å². The zero-order valence-electron chi connectivity index (χ0n) is 15.3. The molecule has 0 aliphatic heterocycles. The van der Waals surface area contributed by atoms with E-state index >= 15 is 0 Å². The maximum absolute atomic E-state index is 12.5. The van der Waals surface area contributed by atoms with Crippen molar-refractivity contribution in [3.8, 4) is 17.6 Å². The molecule has 0 atom stereocenters. The van der Waals surface area contributed by atoms with Crippen LogP contribution in [0, 0.1) is 11.3 Å². The normalized spacial score (nSPS) is 10.9. The fourth-order valence-corrected chi connectivity index (χ4v) is 2.85. The summed E-state index contributed by atoms with van der Waals surface area (Å²) < 4.78 is 5.28. The minimum Gasteiger partial charge on any atom is -0.507 e. The predicted molar refractivity (Wildman–Crippen MR) is 108 cm³/mol. The number of nitrogens with one attached hydrogen (secondary N) is 2. The zero-order valence-corrected chi connectivity index (χ0v) is 15.3. The van der Waals surface area contributed by atoms with Crippen LogP contribution in [0.4, 0.5) is 5.69 Å². The first-order chi connectivity index (χ1) is 13.6. The smallest absolute Gasteiger partial charge is 0.267 e. The molecule has 6 heteroatoms. The van der Waals surface area contributed by atoms with Gasteiger partial charge in [0, 0.05) is 34.8 Å². The molecule has 140 valence electrons. The van der Waals surface area contributed by atoms with E-state index in [4.69, 9.17) is 4.74 Å². The Morgan fingerprint density at radius 2 is 1.86 bits per heavy atom. The number of hydrogen-bond donors (Lipinski definition) is 3. The summed E-state index contributed by atoms with van der Waals surface area (Å²) in [4.78, 5) is 12.5. The largest absolute Gasteiger partial charge is 0.507 e. The van der Waals surface area contributed by atoms with Crippen LogP contribution in [0.1, 0.15) is 5.56 Å². The van der Waals surface area contributed by atoms with Crippen molar-refractivity contribution in [1.82, 2.24) is 5.32 Å². The van der Waals surface area contributed by atoms with Gasteiger partial charge < -0.3 is 20.5 Å². The zero-order chi connectivity index (χ0) is 19.9. The Morgan fingerprint density at radius 3 is 2.64 bits per heavy atom. The number of ether oxygens (including phenoxy) is 1. The second-order valence-electron chi connectivity index (χ2n) is 5.99. The van der Waals surface area contributed by atoms with E-state index in [-0.39, 0.29) is 11.3 Å². The Labute approximate surface area is 162 Å². The number of anilines is 1. The predicted octanol–water partition coefficient (Wildman–Crippen LogP) is 3.69. The molecule has 1 amide bonds. The van der Waals surface area contributed by atoms with E-state index in [1.807, 2.05) is 30.3 Å². The molecular formula is C22H19N3O3. The summed E-state index contributed by atoms with van der Waals surface area (Å²) in [7, 11) is 1.59. The third-order valence-electron chi connectivity index (χ3n) is 4.24. The minimum absolute atomic E-state index is 0.0629. The second-order valence-corrected chi connectivity index (χ2v) is 5.99. The number of phenolic OH excluding ortho intramolecular Hbond substituents is 1. The molecule has 6 nitrogen and oxygen atoms in total. The van der Waals surface area contributed by atoms with Crippen LogP contribution in [0.3, 0.4) is 0 Å². The molecule has 0 aromatic heterocycles. The number of methoxy groups -OCH3 is 1. The van der Waals surface area contributed by atoms with Gasteiger partial charge in [-0.3, -0.25) is 4.79 Å². The van der Waals surface area contributed by atoms with E-state index in [9.17, 15) is 15.2 Å². The van der Waals surface area contributed by atoms with E-state index in [1.54, 1.807) is 43.5 Å². The number of carbonyl (C=O) groups is 1. The fraction of sp³-hybridized carbons (Fsp3) is 0.0909. The number of carbonyl (C=O) groups excluding carboxylic acids is 1. The minimum atomic E-state index is -0.536. The van der Waals surface area contributed by atoms with Gasteiger partial charge in [-0.05, 0) is 18.2 Å². The van der Waals surface area contributed by atoms with Crippen LogP contribution in [0.15, 0.2) is 72.4 Å². The molecule has 0 spiro atoms. The molecule has 0 fully saturated rings. The van der Waals surface area contributed by atoms with E-state index in [1.165, 1.54) is 6.20 Å². The molecule has 0 unspecified atom stereocenters. The van der Waals surface area contributed by atoms with E-state index in [0.29, 0.717) is 23.0 Å². The third kappa shape index (κ3) is 4.05. The summed E-state index contributed by atoms with van der Waals surface area (Å²) in [6.45, 7) is 0.407. The number of para-hydroxylation sites is 1. The van der Waals surface area contributed by atoms with E-state index in [0.717, 1.165) is 11.3 Å². The lowest BCUT2D eigenvalue weighted by Crippen LogP contribution is -2.17. The summed E-state index contributed by atoms with van der Waals surface area (Å²) in [6.07, 6.45) is 1.38. The Balaban J connectivity index is 1.75. The van der Waals surface area contributed by atoms with Gasteiger partial charge >= 0.3 is 0 Å². The second kappa shape index (κ2) is 8.60. The average molecular weight is 373 g/mol. The number of phenols is 1. The number of fused-ring (bicyclic) bond motifs is 1. The number of benzene rings is 3. The highest BCUT2D eigenvalue weighted by molar-refractivity contribution is 6.11. The number of nitrogens with zero attached hydrogens (tertiary/aromatic N) is 1. The lowest BCUT2D eigenvalue weighted by atomic mass is 10.1. The molecule has 0 saturated heterocycles. The quantitative estimate of drug-likeness (QED) is 0.452. The van der Waals surface area contributed by atoms with Gasteiger partial charge in [0.05, 0.1) is 7.11 Å². The molecule has 0 bridgehead atoms. The highest BCUT2D eigenvalue weighted by Crippen LogP contribution is 2.29. The summed E-state index contributed by atoms with van der Waals surface area (Å²) >= 11 is 0. The van der Waals surface area contributed by atoms with Crippen molar-refractivity contribution in [2.45, 2.75) is 6.54 Å². The Kier molecular flexibility index (Phi) is 5.78. The lowest BCUT2D eigenvalue weighted by molar-refractivity contribution is -0.112. The monoisotopic (exact) mass is 373 g/mol. The van der Waals surface area contributed by atoms with Crippen molar-refractivity contribution < 1.29 is 14.6 Å². The standard InChI is InChI=1S/C22H19N3O3/c1-28-21-11-3-2-6-15(21)13-24-14-16(12-23)22(27)25-19-9-4-8-18-17(19)7-5-10-20(18)26/h2-11,14,24,26H,13H2,1H3,(H,25,27)/b16-14-. The van der Waals surface area contributed by atoms with Crippen molar-refractivity contribution in [3.63, 3.8) is 0 Å². The molecular weight excluding hydrogens is 354 g/mol. The van der Waals surface area contributed by atoms with Crippen molar-refractivity contribution in [2.24, 2.45) is 0 Å². The first-order valence-corrected chi connectivity index (χ1v) is 8.61. The number of hydrogen-bond acceptors (Lipinski definition) is 5. The molecule has 3 rings (SSSR count). The fourth-order valence-electron chi connectivity index (χ4n) is 2.85. The molecule has 0 heterocycles. The van der Waals surface area contributed by atoms with Gasteiger partial charge in [-0.1, -0.05) is 42.5 Å². The van der Waals surface area contributed by atoms with Crippen LogP contribution in [-0.2, 0) is 11.3 Å².